The van der Waals surface area contributed by atoms with Gasteiger partial charge in [-0.05, 0) is 99.4 Å². The lowest BCUT2D eigenvalue weighted by atomic mass is 9.71. The zero-order chi connectivity index (χ0) is 29.8. The van der Waals surface area contributed by atoms with E-state index in [1.807, 2.05) is 48.5 Å². The molecule has 7 heteroatoms. The number of pyridine rings is 1. The largest absolute Gasteiger partial charge is 0.493 e. The number of hydrogen-bond acceptors (Lipinski definition) is 7. The second kappa shape index (κ2) is 10.8. The maximum atomic E-state index is 13.8. The van der Waals surface area contributed by atoms with E-state index in [-0.39, 0.29) is 5.78 Å². The van der Waals surface area contributed by atoms with Gasteiger partial charge in [-0.15, -0.1) is 0 Å². The van der Waals surface area contributed by atoms with Crippen molar-refractivity contribution in [3.05, 3.63) is 88.4 Å². The summed E-state index contributed by atoms with van der Waals surface area (Å²) in [5, 5.41) is 0.809. The highest BCUT2D eigenvalue weighted by atomic mass is 16.5. The molecule has 2 aromatic heterocycles. The number of fused-ring (bicyclic) bond motifs is 6. The molecule has 8 rings (SSSR count). The molecule has 0 spiro atoms. The van der Waals surface area contributed by atoms with Crippen molar-refractivity contribution in [1.82, 2.24) is 9.88 Å². The fourth-order valence-electron chi connectivity index (χ4n) is 6.98. The van der Waals surface area contributed by atoms with Gasteiger partial charge < -0.3 is 18.6 Å². The Morgan fingerprint density at radius 1 is 0.955 bits per heavy atom. The van der Waals surface area contributed by atoms with Gasteiger partial charge in [0, 0.05) is 52.8 Å². The van der Waals surface area contributed by atoms with Crippen molar-refractivity contribution >= 4 is 16.8 Å². The van der Waals surface area contributed by atoms with E-state index in [2.05, 4.69) is 35.6 Å². The molecule has 44 heavy (non-hydrogen) atoms. The van der Waals surface area contributed by atoms with Crippen LogP contribution in [0.2, 0.25) is 0 Å². The Balaban J connectivity index is 1.02. The predicted octanol–water partition coefficient (Wildman–Crippen LogP) is 6.13. The van der Waals surface area contributed by atoms with Gasteiger partial charge in [0.25, 0.3) is 0 Å². The summed E-state index contributed by atoms with van der Waals surface area (Å²) < 4.78 is 24.3. The van der Waals surface area contributed by atoms with Crippen LogP contribution in [0.15, 0.2) is 59.1 Å². The van der Waals surface area contributed by atoms with Crippen LogP contribution in [-0.2, 0) is 10.2 Å². The van der Waals surface area contributed by atoms with E-state index in [4.69, 9.17) is 18.6 Å². The topological polar surface area (TPSA) is 74.0 Å². The SMILES string of the molecule is CC1(C)c2cc(OCCN3C4CCC3COC4)ccc2C(=O)c2c1oc1cc(C#Cc3cc(OCC4CC4)ccn3)ccc21. The summed E-state index contributed by atoms with van der Waals surface area (Å²) in [5.74, 6) is 9.27. The van der Waals surface area contributed by atoms with Gasteiger partial charge in [-0.3, -0.25) is 9.69 Å². The Bertz CT molecular complexity index is 1810. The molecule has 7 nitrogen and oxygen atoms in total. The molecule has 0 N–H and O–H groups in total. The van der Waals surface area contributed by atoms with Crippen molar-refractivity contribution in [1.29, 1.82) is 0 Å². The molecule has 224 valence electrons. The third-order valence-corrected chi connectivity index (χ3v) is 9.65. The Labute approximate surface area is 257 Å². The van der Waals surface area contributed by atoms with E-state index < -0.39 is 5.41 Å². The molecule has 3 fully saturated rings. The van der Waals surface area contributed by atoms with Crippen LogP contribution in [0.1, 0.15) is 78.0 Å². The van der Waals surface area contributed by atoms with Crippen LogP contribution >= 0.6 is 0 Å². The number of carbonyl (C=O) groups is 1. The minimum atomic E-state index is -0.517. The average Bonchev–Trinajstić information content (AvgIpc) is 3.74. The number of nitrogens with zero attached hydrogens (tertiary/aromatic N) is 2. The van der Waals surface area contributed by atoms with Crippen molar-refractivity contribution in [3.8, 4) is 23.3 Å². The van der Waals surface area contributed by atoms with Gasteiger partial charge in [-0.25, -0.2) is 4.98 Å². The monoisotopic (exact) mass is 588 g/mol. The zero-order valence-electron chi connectivity index (χ0n) is 25.2. The Kier molecular flexibility index (Phi) is 6.73. The van der Waals surface area contributed by atoms with Crippen LogP contribution in [0.4, 0.5) is 0 Å². The van der Waals surface area contributed by atoms with Crippen LogP contribution in [0, 0.1) is 17.8 Å². The zero-order valence-corrected chi connectivity index (χ0v) is 25.2. The molecule has 4 aromatic rings. The number of furan rings is 1. The van der Waals surface area contributed by atoms with Crippen LogP contribution in [0.25, 0.3) is 11.0 Å². The van der Waals surface area contributed by atoms with Crippen LogP contribution in [0.3, 0.4) is 0 Å². The quantitative estimate of drug-likeness (QED) is 0.241. The second-order valence-electron chi connectivity index (χ2n) is 13.1. The van der Waals surface area contributed by atoms with Crippen molar-refractivity contribution in [3.63, 3.8) is 0 Å². The normalized spacial score (nSPS) is 21.8. The van der Waals surface area contributed by atoms with E-state index in [1.54, 1.807) is 6.20 Å². The van der Waals surface area contributed by atoms with Gasteiger partial charge in [0.15, 0.2) is 5.78 Å². The maximum absolute atomic E-state index is 13.8. The summed E-state index contributed by atoms with van der Waals surface area (Å²) >= 11 is 0. The summed E-state index contributed by atoms with van der Waals surface area (Å²) in [6, 6.07) is 16.4. The van der Waals surface area contributed by atoms with Gasteiger partial charge >= 0.3 is 0 Å². The molecule has 4 aliphatic rings. The van der Waals surface area contributed by atoms with E-state index in [9.17, 15) is 4.79 Å². The second-order valence-corrected chi connectivity index (χ2v) is 13.1. The molecular weight excluding hydrogens is 552 g/mol. The highest BCUT2D eigenvalue weighted by Crippen LogP contribution is 2.46. The lowest BCUT2D eigenvalue weighted by Gasteiger charge is -2.34. The van der Waals surface area contributed by atoms with E-state index in [1.165, 1.54) is 25.7 Å². The van der Waals surface area contributed by atoms with E-state index >= 15 is 0 Å². The minimum absolute atomic E-state index is 0.0180. The third kappa shape index (κ3) is 4.96. The Morgan fingerprint density at radius 2 is 1.77 bits per heavy atom. The fraction of sp³-hybridized carbons (Fsp3) is 0.405. The molecule has 2 aromatic carbocycles. The maximum Gasteiger partial charge on any atom is 0.197 e. The van der Waals surface area contributed by atoms with Crippen LogP contribution < -0.4 is 9.47 Å². The van der Waals surface area contributed by atoms with Gasteiger partial charge in [0.1, 0.15) is 35.1 Å². The molecule has 2 atom stereocenters. The van der Waals surface area contributed by atoms with E-state index in [0.29, 0.717) is 52.8 Å². The van der Waals surface area contributed by atoms with Crippen LogP contribution in [-0.4, -0.2) is 60.7 Å². The minimum Gasteiger partial charge on any atom is -0.493 e. The summed E-state index contributed by atoms with van der Waals surface area (Å²) in [6.07, 6.45) is 6.63. The number of carbonyl (C=O) groups excluding carboxylic acids is 1. The molecule has 2 aliphatic carbocycles. The number of morpholine rings is 1. The lowest BCUT2D eigenvalue weighted by Crippen LogP contribution is -2.47. The van der Waals surface area contributed by atoms with Crippen molar-refractivity contribution in [2.45, 2.75) is 57.0 Å². The first kappa shape index (κ1) is 27.4. The lowest BCUT2D eigenvalue weighted by molar-refractivity contribution is -0.0190. The highest BCUT2D eigenvalue weighted by molar-refractivity contribution is 6.19. The molecule has 2 bridgehead atoms. The molecule has 4 heterocycles. The molecular formula is C37H36N2O5. The van der Waals surface area contributed by atoms with Gasteiger partial charge in [0.2, 0.25) is 0 Å². The molecule has 2 unspecified atom stereocenters. The molecule has 2 aliphatic heterocycles. The summed E-state index contributed by atoms with van der Waals surface area (Å²) in [7, 11) is 0. The number of rotatable bonds is 7. The van der Waals surface area contributed by atoms with Gasteiger partial charge in [-0.1, -0.05) is 5.92 Å². The first-order valence-electron chi connectivity index (χ1n) is 15.8. The summed E-state index contributed by atoms with van der Waals surface area (Å²) in [6.45, 7) is 8.10. The van der Waals surface area contributed by atoms with Crippen LogP contribution in [0.5, 0.6) is 11.5 Å². The Hall–Kier alpha value is -4.12. The van der Waals surface area contributed by atoms with Crippen molar-refractivity contribution in [2.24, 2.45) is 5.92 Å². The first-order valence-corrected chi connectivity index (χ1v) is 15.8. The first-order chi connectivity index (χ1) is 21.4. The smallest absolute Gasteiger partial charge is 0.197 e. The standard InChI is InChI=1S/C37H36N2O5/c1-37(2)32-19-28(42-16-15-39-26-8-9-27(39)22-41-21-26)10-12-30(32)35(40)34-31-11-6-23(17-33(31)44-36(34)37)5-7-25-18-29(13-14-38-25)43-20-24-3-4-24/h6,10-14,17-19,24,26-27H,3-4,8-9,15-16,20-22H2,1-2H3. The number of benzene rings is 2. The fourth-order valence-corrected chi connectivity index (χ4v) is 6.98. The molecule has 0 radical (unpaired) electrons. The summed E-state index contributed by atoms with van der Waals surface area (Å²) in [4.78, 5) is 20.8. The Morgan fingerprint density at radius 3 is 2.59 bits per heavy atom. The third-order valence-electron chi connectivity index (χ3n) is 9.65. The number of aromatic nitrogens is 1. The molecule has 2 saturated heterocycles. The van der Waals surface area contributed by atoms with Gasteiger partial charge in [0.05, 0.1) is 25.4 Å². The average molecular weight is 589 g/mol. The van der Waals surface area contributed by atoms with Crippen molar-refractivity contribution < 1.29 is 23.4 Å². The van der Waals surface area contributed by atoms with Gasteiger partial charge in [-0.2, -0.15) is 0 Å². The predicted molar refractivity (Wildman–Crippen MR) is 166 cm³/mol. The summed E-state index contributed by atoms with van der Waals surface area (Å²) in [5.41, 5.74) is 3.84. The highest BCUT2D eigenvalue weighted by Gasteiger charge is 2.42. The van der Waals surface area contributed by atoms with Crippen molar-refractivity contribution in [2.75, 3.05) is 33.0 Å². The molecule has 0 amide bonds. The number of ketones is 1. The molecule has 1 saturated carbocycles. The number of hydrogen-bond donors (Lipinski definition) is 0. The number of ether oxygens (including phenoxy) is 3. The van der Waals surface area contributed by atoms with E-state index in [0.717, 1.165) is 54.4 Å².